The van der Waals surface area contributed by atoms with Crippen molar-refractivity contribution >= 4 is 15.8 Å². The van der Waals surface area contributed by atoms with Crippen LogP contribution in [0, 0.1) is 11.3 Å². The van der Waals surface area contributed by atoms with Crippen LogP contribution >= 0.6 is 0 Å². The van der Waals surface area contributed by atoms with E-state index >= 15 is 0 Å². The van der Waals surface area contributed by atoms with Crippen molar-refractivity contribution in [2.75, 3.05) is 0 Å². The smallest absolute Gasteiger partial charge is 0.334 e. The molecule has 2 aromatic rings. The van der Waals surface area contributed by atoms with E-state index in [9.17, 15) is 18.5 Å². The molecule has 32 heavy (non-hydrogen) atoms. The molecule has 2 aliphatic rings. The number of carbonyl (C=O) groups excluding carboxylic acids is 1. The molecule has 1 saturated carbocycles. The zero-order valence-electron chi connectivity index (χ0n) is 17.9. The van der Waals surface area contributed by atoms with Gasteiger partial charge in [0.05, 0.1) is 11.3 Å². The van der Waals surface area contributed by atoms with Gasteiger partial charge >= 0.3 is 5.97 Å². The Morgan fingerprint density at radius 1 is 0.969 bits per heavy atom. The number of rotatable bonds is 6. The van der Waals surface area contributed by atoms with Crippen molar-refractivity contribution in [2.45, 2.75) is 61.0 Å². The van der Waals surface area contributed by atoms with E-state index < -0.39 is 31.9 Å². The number of benzene rings is 2. The maximum absolute atomic E-state index is 13.4. The fraction of sp³-hybridized carbons (Fsp3) is 0.385. The predicted octanol–water partition coefficient (Wildman–Crippen LogP) is 5.05. The fourth-order valence-corrected chi connectivity index (χ4v) is 7.11. The molecule has 0 radical (unpaired) electrons. The number of carbonyl (C=O) groups is 1. The number of ether oxygens (including phenoxy) is 1. The molecule has 2 aliphatic carbocycles. The van der Waals surface area contributed by atoms with E-state index in [4.69, 9.17) is 4.74 Å². The third-order valence-corrected chi connectivity index (χ3v) is 9.43. The van der Waals surface area contributed by atoms with Crippen LogP contribution in [-0.4, -0.2) is 24.4 Å². The average Bonchev–Trinajstić information content (AvgIpc) is 3.31. The van der Waals surface area contributed by atoms with E-state index in [1.807, 2.05) is 60.7 Å². The summed E-state index contributed by atoms with van der Waals surface area (Å²) in [7, 11) is -3.69. The highest BCUT2D eigenvalue weighted by molar-refractivity contribution is 7.93. The summed E-state index contributed by atoms with van der Waals surface area (Å²) in [5, 5.41) is 9.41. The maximum atomic E-state index is 13.4. The van der Waals surface area contributed by atoms with Crippen LogP contribution in [0.1, 0.15) is 62.2 Å². The lowest BCUT2D eigenvalue weighted by Gasteiger charge is -2.30. The number of nitrogens with zero attached hydrogens (tertiary/aromatic N) is 1. The number of nitriles is 1. The first-order valence-corrected chi connectivity index (χ1v) is 12.7. The number of sulfone groups is 1. The molecule has 5 nitrogen and oxygen atoms in total. The number of hydrogen-bond donors (Lipinski definition) is 0. The van der Waals surface area contributed by atoms with Crippen molar-refractivity contribution in [3.8, 4) is 6.07 Å². The molecule has 0 aliphatic heterocycles. The van der Waals surface area contributed by atoms with Gasteiger partial charge in [-0.1, -0.05) is 86.0 Å². The molecule has 1 atom stereocenters. The summed E-state index contributed by atoms with van der Waals surface area (Å²) in [5.41, 5.74) is 1.92. The summed E-state index contributed by atoms with van der Waals surface area (Å²) >= 11 is 0. The molecule has 6 heteroatoms. The molecule has 0 bridgehead atoms. The second-order valence-corrected chi connectivity index (χ2v) is 11.2. The summed E-state index contributed by atoms with van der Waals surface area (Å²) in [5.74, 6) is -0.571. The molecular formula is C26H27NO4S. The van der Waals surface area contributed by atoms with E-state index in [2.05, 4.69) is 6.07 Å². The van der Waals surface area contributed by atoms with E-state index in [0.717, 1.165) is 30.4 Å². The lowest BCUT2D eigenvalue weighted by Crippen LogP contribution is -2.43. The van der Waals surface area contributed by atoms with Crippen LogP contribution in [0.4, 0.5) is 0 Å². The Balaban J connectivity index is 1.55. The zero-order chi connectivity index (χ0) is 22.6. The second-order valence-electron chi connectivity index (χ2n) is 8.63. The van der Waals surface area contributed by atoms with Crippen molar-refractivity contribution in [1.29, 1.82) is 5.26 Å². The SMILES string of the molecule is N#C[C@]1(S(=O)(=O)C2CCCCC2)CC=C(C(=O)OC(c2ccccc2)c2ccccc2)C1. The van der Waals surface area contributed by atoms with E-state index in [-0.39, 0.29) is 18.4 Å². The van der Waals surface area contributed by atoms with Gasteiger partial charge in [-0.05, 0) is 30.4 Å². The Morgan fingerprint density at radius 3 is 2.06 bits per heavy atom. The summed E-state index contributed by atoms with van der Waals surface area (Å²) in [6, 6.07) is 20.9. The van der Waals surface area contributed by atoms with Crippen LogP contribution in [0.3, 0.4) is 0 Å². The maximum Gasteiger partial charge on any atom is 0.334 e. The van der Waals surface area contributed by atoms with Gasteiger partial charge < -0.3 is 4.74 Å². The van der Waals surface area contributed by atoms with E-state index in [1.54, 1.807) is 6.08 Å². The Bertz CT molecular complexity index is 1090. The highest BCUT2D eigenvalue weighted by Gasteiger charge is 2.51. The quantitative estimate of drug-likeness (QED) is 0.576. The van der Waals surface area contributed by atoms with Crippen molar-refractivity contribution in [3.63, 3.8) is 0 Å². The molecule has 0 aromatic heterocycles. The van der Waals surface area contributed by atoms with Gasteiger partial charge in [0.2, 0.25) is 0 Å². The van der Waals surface area contributed by atoms with Gasteiger partial charge in [-0.2, -0.15) is 5.26 Å². The molecule has 0 amide bonds. The first kappa shape index (κ1) is 22.3. The molecule has 0 unspecified atom stereocenters. The summed E-state index contributed by atoms with van der Waals surface area (Å²) in [6.07, 6.45) is 4.84. The second kappa shape index (κ2) is 9.30. The highest BCUT2D eigenvalue weighted by Crippen LogP contribution is 2.42. The van der Waals surface area contributed by atoms with Crippen LogP contribution in [0.25, 0.3) is 0 Å². The molecule has 2 aromatic carbocycles. The topological polar surface area (TPSA) is 84.2 Å². The Morgan fingerprint density at radius 2 is 1.53 bits per heavy atom. The average molecular weight is 450 g/mol. The van der Waals surface area contributed by atoms with Crippen LogP contribution in [-0.2, 0) is 19.4 Å². The number of hydrogen-bond acceptors (Lipinski definition) is 5. The van der Waals surface area contributed by atoms with Gasteiger partial charge in [0, 0.05) is 12.0 Å². The minimum Gasteiger partial charge on any atom is -0.449 e. The molecule has 0 spiro atoms. The third kappa shape index (κ3) is 4.22. The third-order valence-electron chi connectivity index (χ3n) is 6.59. The lowest BCUT2D eigenvalue weighted by molar-refractivity contribution is -0.142. The van der Waals surface area contributed by atoms with Crippen molar-refractivity contribution < 1.29 is 17.9 Å². The molecule has 4 rings (SSSR count). The van der Waals surface area contributed by atoms with E-state index in [0.29, 0.717) is 12.8 Å². The Kier molecular flexibility index (Phi) is 6.48. The first-order valence-electron chi connectivity index (χ1n) is 11.1. The Hall–Kier alpha value is -2.91. The minimum absolute atomic E-state index is 0.0358. The van der Waals surface area contributed by atoms with Crippen LogP contribution in [0.5, 0.6) is 0 Å². The number of allylic oxidation sites excluding steroid dienone is 1. The molecule has 0 N–H and O–H groups in total. The van der Waals surface area contributed by atoms with E-state index in [1.165, 1.54) is 0 Å². The van der Waals surface area contributed by atoms with Gasteiger partial charge in [0.1, 0.15) is 0 Å². The summed E-state index contributed by atoms with van der Waals surface area (Å²) in [6.45, 7) is 0. The molecule has 166 valence electrons. The molecule has 1 fully saturated rings. The van der Waals surface area contributed by atoms with Crippen LogP contribution in [0.15, 0.2) is 72.3 Å². The van der Waals surface area contributed by atoms with Gasteiger partial charge in [0.25, 0.3) is 0 Å². The zero-order valence-corrected chi connectivity index (χ0v) is 18.8. The van der Waals surface area contributed by atoms with Gasteiger partial charge in [-0.15, -0.1) is 0 Å². The monoisotopic (exact) mass is 449 g/mol. The van der Waals surface area contributed by atoms with Gasteiger partial charge in [0.15, 0.2) is 20.7 Å². The standard InChI is InChI=1S/C26H27NO4S/c27-19-26(32(29,30)23-14-8-3-9-15-23)17-16-22(18-26)25(28)31-24(20-10-4-1-5-11-20)21-12-6-2-7-13-21/h1-2,4-7,10-13,16,23-24H,3,8-9,14-15,17-18H2/t26-/m0/s1. The fourth-order valence-electron chi connectivity index (χ4n) is 4.72. The van der Waals surface area contributed by atoms with Crippen molar-refractivity contribution in [2.24, 2.45) is 0 Å². The molecular weight excluding hydrogens is 422 g/mol. The van der Waals surface area contributed by atoms with Crippen molar-refractivity contribution in [3.05, 3.63) is 83.4 Å². The summed E-state index contributed by atoms with van der Waals surface area (Å²) < 4.78 is 31.1. The largest absolute Gasteiger partial charge is 0.449 e. The molecule has 0 heterocycles. The lowest BCUT2D eigenvalue weighted by atomic mass is 10.0. The van der Waals surface area contributed by atoms with Crippen LogP contribution < -0.4 is 0 Å². The summed E-state index contributed by atoms with van der Waals surface area (Å²) in [4.78, 5) is 13.1. The molecule has 0 saturated heterocycles. The van der Waals surface area contributed by atoms with Crippen LogP contribution in [0.2, 0.25) is 0 Å². The highest BCUT2D eigenvalue weighted by atomic mass is 32.2. The first-order chi connectivity index (χ1) is 15.5. The minimum atomic E-state index is -3.69. The van der Waals surface area contributed by atoms with Gasteiger partial charge in [-0.3, -0.25) is 0 Å². The Labute approximate surface area is 189 Å². The van der Waals surface area contributed by atoms with Gasteiger partial charge in [-0.25, -0.2) is 13.2 Å². The predicted molar refractivity (Wildman–Crippen MR) is 122 cm³/mol. The normalized spacial score (nSPS) is 21.7. The number of esters is 1. The van der Waals surface area contributed by atoms with Crippen molar-refractivity contribution in [1.82, 2.24) is 0 Å².